The van der Waals surface area contributed by atoms with Crippen LogP contribution in [0.1, 0.15) is 18.5 Å². The van der Waals surface area contributed by atoms with Crippen molar-refractivity contribution in [2.75, 3.05) is 11.1 Å². The van der Waals surface area contributed by atoms with E-state index in [9.17, 15) is 13.6 Å². The van der Waals surface area contributed by atoms with Crippen LogP contribution >= 0.6 is 11.6 Å². The summed E-state index contributed by atoms with van der Waals surface area (Å²) in [5.74, 6) is -1.44. The molecule has 1 atom stereocenters. The van der Waals surface area contributed by atoms with Gasteiger partial charge in [-0.2, -0.15) is 5.10 Å². The zero-order chi connectivity index (χ0) is 23.5. The van der Waals surface area contributed by atoms with Gasteiger partial charge in [0.2, 0.25) is 0 Å². The van der Waals surface area contributed by atoms with Crippen LogP contribution in [0.2, 0.25) is 5.02 Å². The number of urea groups is 1. The van der Waals surface area contributed by atoms with Crippen LogP contribution in [-0.4, -0.2) is 15.8 Å². The minimum atomic E-state index is -0.720. The number of aromatic nitrogens is 2. The maximum atomic E-state index is 14.5. The predicted molar refractivity (Wildman–Crippen MR) is 125 cm³/mol. The Kier molecular flexibility index (Phi) is 6.28. The fraction of sp³-hybridized carbons (Fsp3) is 0.0833. The van der Waals surface area contributed by atoms with Crippen molar-refractivity contribution in [2.24, 2.45) is 0 Å². The van der Waals surface area contributed by atoms with Crippen LogP contribution in [0.4, 0.5) is 25.1 Å². The van der Waals surface area contributed by atoms with Crippen LogP contribution in [0.5, 0.6) is 0 Å². The molecule has 0 fully saturated rings. The lowest BCUT2D eigenvalue weighted by Gasteiger charge is -2.15. The standard InChI is InChI=1S/C24H20ClF2N5O/c1-14(15-5-3-2-4-6-15)29-24(33)30-22-21(16-7-9-17(25)10-8-16)31-32(23(22)28)20-13-18(26)11-12-19(20)27/h2-14H,28H2,1H3,(H2,29,30,33)/t14-/m1/s1. The highest BCUT2D eigenvalue weighted by atomic mass is 35.5. The predicted octanol–water partition coefficient (Wildman–Crippen LogP) is 5.94. The van der Waals surface area contributed by atoms with Gasteiger partial charge in [-0.3, -0.25) is 0 Å². The Morgan fingerprint density at radius 1 is 1.06 bits per heavy atom. The number of nitrogen functional groups attached to an aromatic ring is 1. The first-order valence-corrected chi connectivity index (χ1v) is 10.4. The van der Waals surface area contributed by atoms with Crippen LogP contribution in [0.15, 0.2) is 72.8 Å². The fourth-order valence-corrected chi connectivity index (χ4v) is 3.49. The molecule has 1 aromatic heterocycles. The molecule has 3 aromatic carbocycles. The van der Waals surface area contributed by atoms with Crippen molar-refractivity contribution in [3.8, 4) is 16.9 Å². The smallest absolute Gasteiger partial charge is 0.319 e. The van der Waals surface area contributed by atoms with E-state index >= 15 is 0 Å². The summed E-state index contributed by atoms with van der Waals surface area (Å²) in [7, 11) is 0. The molecule has 6 nitrogen and oxygen atoms in total. The molecule has 0 aliphatic carbocycles. The normalized spacial score (nSPS) is 11.8. The number of amides is 2. The number of carbonyl (C=O) groups is 1. The van der Waals surface area contributed by atoms with Gasteiger partial charge in [0, 0.05) is 16.7 Å². The molecule has 168 valence electrons. The number of nitrogens with two attached hydrogens (primary N) is 1. The maximum Gasteiger partial charge on any atom is 0.319 e. The first-order chi connectivity index (χ1) is 15.8. The van der Waals surface area contributed by atoms with Crippen molar-refractivity contribution in [2.45, 2.75) is 13.0 Å². The molecular weight excluding hydrogens is 448 g/mol. The lowest BCUT2D eigenvalue weighted by atomic mass is 10.1. The molecule has 9 heteroatoms. The van der Waals surface area contributed by atoms with Crippen LogP contribution in [0, 0.1) is 11.6 Å². The number of hydrogen-bond acceptors (Lipinski definition) is 3. The first kappa shape index (κ1) is 22.3. The van der Waals surface area contributed by atoms with Crippen LogP contribution in [0.25, 0.3) is 16.9 Å². The molecule has 0 aliphatic heterocycles. The van der Waals surface area contributed by atoms with Crippen molar-refractivity contribution in [1.29, 1.82) is 0 Å². The fourth-order valence-electron chi connectivity index (χ4n) is 3.37. The van der Waals surface area contributed by atoms with E-state index in [1.54, 1.807) is 24.3 Å². The summed E-state index contributed by atoms with van der Waals surface area (Å²) >= 11 is 5.99. The van der Waals surface area contributed by atoms with E-state index in [1.165, 1.54) is 0 Å². The number of carbonyl (C=O) groups excluding carboxylic acids is 1. The van der Waals surface area contributed by atoms with Gasteiger partial charge >= 0.3 is 6.03 Å². The van der Waals surface area contributed by atoms with Gasteiger partial charge in [-0.1, -0.05) is 54.1 Å². The molecule has 0 radical (unpaired) electrons. The molecule has 0 saturated heterocycles. The molecule has 0 bridgehead atoms. The Hall–Kier alpha value is -3.91. The van der Waals surface area contributed by atoms with E-state index in [0.717, 1.165) is 28.4 Å². The molecule has 0 unspecified atom stereocenters. The molecule has 0 spiro atoms. The SMILES string of the molecule is C[C@@H](NC(=O)Nc1c(-c2ccc(Cl)cc2)nn(-c2cc(F)ccc2F)c1N)c1ccccc1. The third kappa shape index (κ3) is 4.80. The van der Waals surface area contributed by atoms with E-state index in [-0.39, 0.29) is 28.9 Å². The van der Waals surface area contributed by atoms with Gasteiger partial charge in [0.1, 0.15) is 28.7 Å². The number of hydrogen-bond donors (Lipinski definition) is 3. The van der Waals surface area contributed by atoms with Crippen LogP contribution < -0.4 is 16.4 Å². The van der Waals surface area contributed by atoms with E-state index in [1.807, 2.05) is 37.3 Å². The van der Waals surface area contributed by atoms with Gasteiger partial charge in [-0.05, 0) is 36.8 Å². The lowest BCUT2D eigenvalue weighted by Crippen LogP contribution is -2.31. The second-order valence-electron chi connectivity index (χ2n) is 7.35. The minimum absolute atomic E-state index is 0.0630. The summed E-state index contributed by atoms with van der Waals surface area (Å²) in [6.07, 6.45) is 0. The van der Waals surface area contributed by atoms with Crippen molar-refractivity contribution in [1.82, 2.24) is 15.1 Å². The maximum absolute atomic E-state index is 14.5. The summed E-state index contributed by atoms with van der Waals surface area (Å²) in [6.45, 7) is 1.84. The van der Waals surface area contributed by atoms with Crippen molar-refractivity contribution >= 4 is 29.1 Å². The number of rotatable bonds is 5. The van der Waals surface area contributed by atoms with Gasteiger partial charge in [-0.25, -0.2) is 18.3 Å². The third-order valence-electron chi connectivity index (χ3n) is 5.06. The molecule has 0 aliphatic rings. The first-order valence-electron chi connectivity index (χ1n) is 10.1. The summed E-state index contributed by atoms with van der Waals surface area (Å²) in [4.78, 5) is 12.8. The third-order valence-corrected chi connectivity index (χ3v) is 5.31. The van der Waals surface area contributed by atoms with Crippen molar-refractivity contribution in [3.05, 3.63) is 95.0 Å². The molecule has 2 amide bonds. The average molecular weight is 468 g/mol. The number of nitrogens with one attached hydrogen (secondary N) is 2. The Balaban J connectivity index is 1.72. The Bertz CT molecular complexity index is 1290. The largest absolute Gasteiger partial charge is 0.382 e. The molecule has 4 N–H and O–H groups in total. The van der Waals surface area contributed by atoms with E-state index in [0.29, 0.717) is 10.6 Å². The van der Waals surface area contributed by atoms with Gasteiger partial charge in [0.25, 0.3) is 0 Å². The van der Waals surface area contributed by atoms with Crippen LogP contribution in [0.3, 0.4) is 0 Å². The molecule has 33 heavy (non-hydrogen) atoms. The zero-order valence-electron chi connectivity index (χ0n) is 17.5. The van der Waals surface area contributed by atoms with Gasteiger partial charge in [0.05, 0.1) is 6.04 Å². The van der Waals surface area contributed by atoms with E-state index in [4.69, 9.17) is 17.3 Å². The summed E-state index contributed by atoms with van der Waals surface area (Å²) in [5.41, 5.74) is 7.98. The lowest BCUT2D eigenvalue weighted by molar-refractivity contribution is 0.249. The second kappa shape index (κ2) is 9.30. The molecule has 0 saturated carbocycles. The summed E-state index contributed by atoms with van der Waals surface area (Å²) < 4.78 is 29.3. The zero-order valence-corrected chi connectivity index (χ0v) is 18.3. The highest BCUT2D eigenvalue weighted by Gasteiger charge is 2.22. The quantitative estimate of drug-likeness (QED) is 0.340. The second-order valence-corrected chi connectivity index (χ2v) is 7.79. The Labute approximate surface area is 194 Å². The molecule has 1 heterocycles. The van der Waals surface area contributed by atoms with Gasteiger partial charge < -0.3 is 16.4 Å². The number of nitrogens with zero attached hydrogens (tertiary/aromatic N) is 2. The Morgan fingerprint density at radius 3 is 2.45 bits per heavy atom. The minimum Gasteiger partial charge on any atom is -0.382 e. The van der Waals surface area contributed by atoms with Gasteiger partial charge in [-0.15, -0.1) is 0 Å². The monoisotopic (exact) mass is 467 g/mol. The number of benzene rings is 3. The topological polar surface area (TPSA) is 85.0 Å². The molecule has 4 rings (SSSR count). The number of anilines is 2. The highest BCUT2D eigenvalue weighted by Crippen LogP contribution is 2.35. The van der Waals surface area contributed by atoms with Crippen molar-refractivity contribution < 1.29 is 13.6 Å². The number of halogens is 3. The molecule has 4 aromatic rings. The summed E-state index contributed by atoms with van der Waals surface area (Å²) in [5, 5.41) is 10.4. The average Bonchev–Trinajstić information content (AvgIpc) is 3.12. The van der Waals surface area contributed by atoms with Crippen molar-refractivity contribution in [3.63, 3.8) is 0 Å². The van der Waals surface area contributed by atoms with Crippen LogP contribution in [-0.2, 0) is 0 Å². The van der Waals surface area contributed by atoms with E-state index in [2.05, 4.69) is 15.7 Å². The summed E-state index contributed by atoms with van der Waals surface area (Å²) in [6, 6.07) is 18.2. The van der Waals surface area contributed by atoms with E-state index < -0.39 is 17.7 Å². The Morgan fingerprint density at radius 2 is 1.76 bits per heavy atom. The molecular formula is C24H20ClF2N5O. The van der Waals surface area contributed by atoms with Gasteiger partial charge in [0.15, 0.2) is 5.82 Å². The highest BCUT2D eigenvalue weighted by molar-refractivity contribution is 6.30.